The Hall–Kier alpha value is -1.59. The molecule has 94 valence electrons. The molecule has 1 aromatic carbocycles. The lowest BCUT2D eigenvalue weighted by Crippen LogP contribution is -2.22. The van der Waals surface area contributed by atoms with Crippen molar-refractivity contribution in [2.24, 2.45) is 0 Å². The van der Waals surface area contributed by atoms with Gasteiger partial charge >= 0.3 is 5.97 Å². The van der Waals surface area contributed by atoms with Crippen LogP contribution >= 0.6 is 22.9 Å². The molecule has 0 aliphatic rings. The van der Waals surface area contributed by atoms with Crippen molar-refractivity contribution in [3.8, 4) is 0 Å². The Kier molecular flexibility index (Phi) is 4.17. The maximum absolute atomic E-state index is 11.7. The minimum Gasteiger partial charge on any atom is -0.467 e. The summed E-state index contributed by atoms with van der Waals surface area (Å²) in [5.74, 6) is -0.375. The van der Waals surface area contributed by atoms with Crippen molar-refractivity contribution in [2.45, 2.75) is 6.04 Å². The third-order valence-electron chi connectivity index (χ3n) is 2.29. The second kappa shape index (κ2) is 5.84. The topological polar surface area (TPSA) is 51.2 Å². The number of rotatable bonds is 4. The van der Waals surface area contributed by atoms with E-state index in [1.807, 2.05) is 5.38 Å². The van der Waals surface area contributed by atoms with Crippen LogP contribution in [0, 0.1) is 0 Å². The number of nitrogens with one attached hydrogen (secondary N) is 1. The van der Waals surface area contributed by atoms with Crippen LogP contribution < -0.4 is 5.32 Å². The van der Waals surface area contributed by atoms with Crippen LogP contribution in [-0.4, -0.2) is 18.1 Å². The van der Waals surface area contributed by atoms with E-state index in [0.29, 0.717) is 10.0 Å². The van der Waals surface area contributed by atoms with Crippen LogP contribution in [0.15, 0.2) is 35.8 Å². The van der Waals surface area contributed by atoms with Gasteiger partial charge in [0, 0.05) is 22.3 Å². The number of esters is 1. The van der Waals surface area contributed by atoms with Gasteiger partial charge in [0.25, 0.3) is 0 Å². The molecule has 18 heavy (non-hydrogen) atoms. The summed E-state index contributed by atoms with van der Waals surface area (Å²) >= 11 is 7.20. The number of aromatic nitrogens is 1. The van der Waals surface area contributed by atoms with Gasteiger partial charge < -0.3 is 10.1 Å². The summed E-state index contributed by atoms with van der Waals surface area (Å²) in [6.45, 7) is 0. The molecular weight excluding hydrogens is 272 g/mol. The number of anilines is 1. The number of thiazole rings is 1. The third-order valence-corrected chi connectivity index (χ3v) is 3.38. The number of benzene rings is 1. The van der Waals surface area contributed by atoms with Gasteiger partial charge in [0.2, 0.25) is 0 Å². The van der Waals surface area contributed by atoms with Gasteiger partial charge in [-0.1, -0.05) is 11.6 Å². The van der Waals surface area contributed by atoms with Crippen molar-refractivity contribution in [2.75, 3.05) is 12.4 Å². The first-order valence-electron chi connectivity index (χ1n) is 5.20. The molecule has 2 rings (SSSR count). The first-order valence-corrected chi connectivity index (χ1v) is 6.46. The fraction of sp³-hybridized carbons (Fsp3) is 0.167. The second-order valence-corrected chi connectivity index (χ2v) is 4.84. The summed E-state index contributed by atoms with van der Waals surface area (Å²) in [7, 11) is 1.35. The van der Waals surface area contributed by atoms with Gasteiger partial charge in [-0.05, 0) is 24.3 Å². The fourth-order valence-electron chi connectivity index (χ4n) is 1.43. The minimum atomic E-state index is -0.601. The Morgan fingerprint density at radius 3 is 2.72 bits per heavy atom. The molecule has 4 nitrogen and oxygen atoms in total. The van der Waals surface area contributed by atoms with Crippen LogP contribution in [0.25, 0.3) is 0 Å². The fourth-order valence-corrected chi connectivity index (χ4v) is 2.23. The van der Waals surface area contributed by atoms with Gasteiger partial charge in [-0.15, -0.1) is 11.3 Å². The number of halogens is 1. The Balaban J connectivity index is 2.20. The average molecular weight is 283 g/mol. The zero-order valence-electron chi connectivity index (χ0n) is 9.59. The molecular formula is C12H11ClN2O2S. The highest BCUT2D eigenvalue weighted by Gasteiger charge is 2.23. The number of nitrogens with zero attached hydrogens (tertiary/aromatic N) is 1. The van der Waals surface area contributed by atoms with Crippen LogP contribution in [0.4, 0.5) is 5.69 Å². The molecule has 0 bridgehead atoms. The molecule has 1 N–H and O–H groups in total. The summed E-state index contributed by atoms with van der Waals surface area (Å²) in [6, 6.07) is 6.49. The number of ether oxygens (including phenoxy) is 1. The average Bonchev–Trinajstić information content (AvgIpc) is 2.91. The molecule has 0 aliphatic carbocycles. The van der Waals surface area contributed by atoms with Crippen LogP contribution in [0.2, 0.25) is 5.02 Å². The Morgan fingerprint density at radius 2 is 2.17 bits per heavy atom. The van der Waals surface area contributed by atoms with Crippen molar-refractivity contribution >= 4 is 34.6 Å². The van der Waals surface area contributed by atoms with E-state index in [-0.39, 0.29) is 5.97 Å². The van der Waals surface area contributed by atoms with Crippen molar-refractivity contribution < 1.29 is 9.53 Å². The summed E-state index contributed by atoms with van der Waals surface area (Å²) in [5.41, 5.74) is 0.782. The van der Waals surface area contributed by atoms with Crippen LogP contribution in [0.3, 0.4) is 0 Å². The standard InChI is InChI=1S/C12H11ClN2O2S/c1-17-12(16)10(11-14-6-7-18-11)15-9-4-2-8(13)3-5-9/h2-7,10,15H,1H3. The number of carbonyl (C=O) groups excluding carboxylic acids is 1. The SMILES string of the molecule is COC(=O)C(Nc1ccc(Cl)cc1)c1nccs1. The highest BCUT2D eigenvalue weighted by atomic mass is 35.5. The molecule has 1 heterocycles. The monoisotopic (exact) mass is 282 g/mol. The molecule has 2 aromatic rings. The van der Waals surface area contributed by atoms with Gasteiger partial charge in [-0.25, -0.2) is 9.78 Å². The maximum Gasteiger partial charge on any atom is 0.335 e. The van der Waals surface area contributed by atoms with E-state index in [1.165, 1.54) is 18.4 Å². The summed E-state index contributed by atoms with van der Waals surface area (Å²) < 4.78 is 4.77. The van der Waals surface area contributed by atoms with Crippen LogP contribution in [0.5, 0.6) is 0 Å². The van der Waals surface area contributed by atoms with Crippen LogP contribution in [0.1, 0.15) is 11.0 Å². The number of methoxy groups -OCH3 is 1. The largest absolute Gasteiger partial charge is 0.467 e. The van der Waals surface area contributed by atoms with Crippen LogP contribution in [-0.2, 0) is 9.53 Å². The molecule has 0 amide bonds. The normalized spacial score (nSPS) is 11.9. The number of hydrogen-bond donors (Lipinski definition) is 1. The summed E-state index contributed by atoms with van der Waals surface area (Å²) in [4.78, 5) is 15.9. The van der Waals surface area contributed by atoms with Gasteiger partial charge in [-0.3, -0.25) is 0 Å². The highest BCUT2D eigenvalue weighted by molar-refractivity contribution is 7.09. The van der Waals surface area contributed by atoms with Crippen molar-refractivity contribution in [3.63, 3.8) is 0 Å². The first-order chi connectivity index (χ1) is 8.70. The van der Waals surface area contributed by atoms with Gasteiger partial charge in [0.05, 0.1) is 7.11 Å². The maximum atomic E-state index is 11.7. The van der Waals surface area contributed by atoms with Gasteiger partial charge in [0.1, 0.15) is 5.01 Å². The van der Waals surface area contributed by atoms with E-state index in [2.05, 4.69) is 10.3 Å². The number of hydrogen-bond acceptors (Lipinski definition) is 5. The highest BCUT2D eigenvalue weighted by Crippen LogP contribution is 2.23. The van der Waals surface area contributed by atoms with Gasteiger partial charge in [0.15, 0.2) is 6.04 Å². The minimum absolute atomic E-state index is 0.375. The van der Waals surface area contributed by atoms with E-state index in [9.17, 15) is 4.79 Å². The Labute approximate surface area is 114 Å². The predicted octanol–water partition coefficient (Wildman–Crippen LogP) is 3.12. The molecule has 1 unspecified atom stereocenters. The Morgan fingerprint density at radius 1 is 1.44 bits per heavy atom. The lowest BCUT2D eigenvalue weighted by atomic mass is 10.2. The Bertz CT molecular complexity index is 513. The smallest absolute Gasteiger partial charge is 0.335 e. The molecule has 0 radical (unpaired) electrons. The predicted molar refractivity (Wildman–Crippen MR) is 71.9 cm³/mol. The molecule has 0 fully saturated rings. The van der Waals surface area contributed by atoms with Crippen molar-refractivity contribution in [1.29, 1.82) is 0 Å². The van der Waals surface area contributed by atoms with E-state index in [1.54, 1.807) is 30.5 Å². The van der Waals surface area contributed by atoms with E-state index < -0.39 is 6.04 Å². The molecule has 0 aliphatic heterocycles. The van der Waals surface area contributed by atoms with E-state index in [0.717, 1.165) is 5.69 Å². The second-order valence-electron chi connectivity index (χ2n) is 3.48. The molecule has 6 heteroatoms. The summed E-state index contributed by atoms with van der Waals surface area (Å²) in [6.07, 6.45) is 1.65. The summed E-state index contributed by atoms with van der Waals surface area (Å²) in [5, 5.41) is 6.20. The van der Waals surface area contributed by atoms with Crippen molar-refractivity contribution in [1.82, 2.24) is 4.98 Å². The number of carbonyl (C=O) groups is 1. The zero-order chi connectivity index (χ0) is 13.0. The quantitative estimate of drug-likeness (QED) is 0.876. The third kappa shape index (κ3) is 3.00. The van der Waals surface area contributed by atoms with E-state index >= 15 is 0 Å². The lowest BCUT2D eigenvalue weighted by Gasteiger charge is -2.15. The molecule has 1 atom stereocenters. The molecule has 0 spiro atoms. The van der Waals surface area contributed by atoms with Gasteiger partial charge in [-0.2, -0.15) is 0 Å². The molecule has 1 aromatic heterocycles. The molecule has 0 saturated heterocycles. The molecule has 0 saturated carbocycles. The van der Waals surface area contributed by atoms with Crippen molar-refractivity contribution in [3.05, 3.63) is 45.9 Å². The zero-order valence-corrected chi connectivity index (χ0v) is 11.2. The lowest BCUT2D eigenvalue weighted by molar-refractivity contribution is -0.141. The first kappa shape index (κ1) is 12.9. The van der Waals surface area contributed by atoms with E-state index in [4.69, 9.17) is 16.3 Å².